The van der Waals surface area contributed by atoms with Gasteiger partial charge in [-0.2, -0.15) is 0 Å². The first-order valence-corrected chi connectivity index (χ1v) is 7.63. The van der Waals surface area contributed by atoms with Crippen molar-refractivity contribution in [2.24, 2.45) is 0 Å². The van der Waals surface area contributed by atoms with Crippen LogP contribution in [0.25, 0.3) is 0 Å². The van der Waals surface area contributed by atoms with E-state index >= 15 is 0 Å². The fourth-order valence-corrected chi connectivity index (χ4v) is 3.02. The summed E-state index contributed by atoms with van der Waals surface area (Å²) in [6.07, 6.45) is 0. The molecule has 0 unspecified atom stereocenters. The van der Waals surface area contributed by atoms with Crippen LogP contribution in [0.4, 0.5) is 10.1 Å². The highest BCUT2D eigenvalue weighted by atomic mass is 79.9. The second-order valence-electron chi connectivity index (χ2n) is 4.32. The van der Waals surface area contributed by atoms with Gasteiger partial charge in [-0.05, 0) is 52.3 Å². The number of likely N-dealkylation sites (N-methyl/N-ethyl adjacent to an activating group) is 1. The topological polar surface area (TPSA) is 49.4 Å². The van der Waals surface area contributed by atoms with Crippen LogP contribution in [0.2, 0.25) is 0 Å². The molecule has 2 rings (SSSR count). The van der Waals surface area contributed by atoms with Crippen LogP contribution in [0.15, 0.2) is 40.2 Å². The summed E-state index contributed by atoms with van der Waals surface area (Å²) in [5.74, 6) is -0.934. The number of nitrogens with zero attached hydrogens (tertiary/aromatic N) is 1. The van der Waals surface area contributed by atoms with E-state index in [1.807, 2.05) is 0 Å². The highest BCUT2D eigenvalue weighted by molar-refractivity contribution is 9.11. The molecular formula is C14H12BrFN2O2S. The van der Waals surface area contributed by atoms with Crippen LogP contribution in [0.1, 0.15) is 9.67 Å². The molecule has 1 heterocycles. The Labute approximate surface area is 133 Å². The van der Waals surface area contributed by atoms with Crippen LogP contribution < -0.4 is 5.32 Å². The van der Waals surface area contributed by atoms with E-state index in [9.17, 15) is 14.0 Å². The van der Waals surface area contributed by atoms with Gasteiger partial charge in [0, 0.05) is 12.7 Å². The van der Waals surface area contributed by atoms with Gasteiger partial charge >= 0.3 is 0 Å². The lowest BCUT2D eigenvalue weighted by molar-refractivity contribution is -0.116. The van der Waals surface area contributed by atoms with Crippen molar-refractivity contribution in [3.63, 3.8) is 0 Å². The molecule has 0 atom stereocenters. The zero-order valence-electron chi connectivity index (χ0n) is 11.1. The van der Waals surface area contributed by atoms with Crippen molar-refractivity contribution in [2.75, 3.05) is 18.9 Å². The lowest BCUT2D eigenvalue weighted by atomic mass is 10.3. The fourth-order valence-electron chi connectivity index (χ4n) is 1.64. The number of amides is 2. The highest BCUT2D eigenvalue weighted by Crippen LogP contribution is 2.23. The maximum Gasteiger partial charge on any atom is 0.264 e. The number of nitrogens with one attached hydrogen (secondary N) is 1. The van der Waals surface area contributed by atoms with Crippen LogP contribution in [0.5, 0.6) is 0 Å². The number of halogens is 2. The van der Waals surface area contributed by atoms with Gasteiger partial charge in [0.2, 0.25) is 5.91 Å². The van der Waals surface area contributed by atoms with Crippen molar-refractivity contribution in [1.82, 2.24) is 4.90 Å². The van der Waals surface area contributed by atoms with Crippen LogP contribution in [0, 0.1) is 5.82 Å². The van der Waals surface area contributed by atoms with Gasteiger partial charge in [0.1, 0.15) is 5.82 Å². The molecule has 0 spiro atoms. The molecule has 0 fully saturated rings. The third-order valence-corrected chi connectivity index (χ3v) is 4.25. The molecule has 21 heavy (non-hydrogen) atoms. The molecule has 4 nitrogen and oxygen atoms in total. The number of hydrogen-bond acceptors (Lipinski definition) is 3. The minimum absolute atomic E-state index is 0.0776. The zero-order valence-corrected chi connectivity index (χ0v) is 13.5. The van der Waals surface area contributed by atoms with Crippen LogP contribution in [0.3, 0.4) is 0 Å². The molecular weight excluding hydrogens is 359 g/mol. The smallest absolute Gasteiger partial charge is 0.264 e. The molecule has 110 valence electrons. The largest absolute Gasteiger partial charge is 0.332 e. The highest BCUT2D eigenvalue weighted by Gasteiger charge is 2.16. The Kier molecular flexibility index (Phi) is 5.08. The van der Waals surface area contributed by atoms with Crippen LogP contribution in [-0.2, 0) is 4.79 Å². The molecule has 1 aromatic carbocycles. The molecule has 2 aromatic rings. The number of anilines is 1. The number of thiophene rings is 1. The molecule has 2 amide bonds. The van der Waals surface area contributed by atoms with E-state index in [0.29, 0.717) is 10.6 Å². The Hall–Kier alpha value is -1.73. The number of hydrogen-bond donors (Lipinski definition) is 1. The Bertz CT molecular complexity index is 657. The summed E-state index contributed by atoms with van der Waals surface area (Å²) >= 11 is 4.60. The van der Waals surface area contributed by atoms with E-state index in [0.717, 1.165) is 3.79 Å². The van der Waals surface area contributed by atoms with Crippen molar-refractivity contribution < 1.29 is 14.0 Å². The summed E-state index contributed by atoms with van der Waals surface area (Å²) in [5.41, 5.74) is 0.487. The molecule has 0 aliphatic heterocycles. The molecule has 0 radical (unpaired) electrons. The van der Waals surface area contributed by atoms with Gasteiger partial charge in [-0.15, -0.1) is 11.3 Å². The third kappa shape index (κ3) is 4.37. The Morgan fingerprint density at radius 1 is 1.24 bits per heavy atom. The van der Waals surface area contributed by atoms with E-state index in [1.54, 1.807) is 19.2 Å². The van der Waals surface area contributed by atoms with Crippen molar-refractivity contribution in [3.05, 3.63) is 50.9 Å². The quantitative estimate of drug-likeness (QED) is 0.896. The van der Waals surface area contributed by atoms with Crippen LogP contribution in [-0.4, -0.2) is 30.3 Å². The third-order valence-electron chi connectivity index (χ3n) is 2.64. The van der Waals surface area contributed by atoms with Gasteiger partial charge in [-0.1, -0.05) is 0 Å². The minimum atomic E-state index is -0.372. The van der Waals surface area contributed by atoms with Crippen LogP contribution >= 0.6 is 27.3 Å². The molecule has 0 aliphatic carbocycles. The molecule has 0 saturated carbocycles. The van der Waals surface area contributed by atoms with Crippen molar-refractivity contribution in [1.29, 1.82) is 0 Å². The number of carbonyl (C=O) groups excluding carboxylic acids is 2. The average molecular weight is 371 g/mol. The summed E-state index contributed by atoms with van der Waals surface area (Å²) < 4.78 is 13.6. The maximum atomic E-state index is 12.8. The zero-order chi connectivity index (χ0) is 15.4. The predicted octanol–water partition coefficient (Wildman–Crippen LogP) is 3.36. The molecule has 0 aliphatic rings. The van der Waals surface area contributed by atoms with Gasteiger partial charge in [-0.3, -0.25) is 9.59 Å². The second-order valence-corrected chi connectivity index (χ2v) is 6.78. The van der Waals surface area contributed by atoms with Gasteiger partial charge in [-0.25, -0.2) is 4.39 Å². The van der Waals surface area contributed by atoms with Crippen molar-refractivity contribution >= 4 is 44.8 Å². The first kappa shape index (κ1) is 15.7. The fraction of sp³-hybridized carbons (Fsp3) is 0.143. The number of carbonyl (C=O) groups is 2. The van der Waals surface area contributed by atoms with Gasteiger partial charge in [0.15, 0.2) is 0 Å². The van der Waals surface area contributed by atoms with Gasteiger partial charge in [0.25, 0.3) is 5.91 Å². The monoisotopic (exact) mass is 370 g/mol. The maximum absolute atomic E-state index is 12.8. The number of rotatable bonds is 4. The van der Waals surface area contributed by atoms with E-state index in [2.05, 4.69) is 21.2 Å². The first-order valence-electron chi connectivity index (χ1n) is 6.02. The molecule has 0 saturated heterocycles. The Morgan fingerprint density at radius 2 is 1.90 bits per heavy atom. The summed E-state index contributed by atoms with van der Waals surface area (Å²) in [6, 6.07) is 8.92. The van der Waals surface area contributed by atoms with E-state index < -0.39 is 0 Å². The average Bonchev–Trinajstić information content (AvgIpc) is 2.87. The lowest BCUT2D eigenvalue weighted by Crippen LogP contribution is -2.34. The van der Waals surface area contributed by atoms with E-state index in [1.165, 1.54) is 40.5 Å². The van der Waals surface area contributed by atoms with E-state index in [4.69, 9.17) is 0 Å². The summed E-state index contributed by atoms with van der Waals surface area (Å²) in [5, 5.41) is 2.61. The van der Waals surface area contributed by atoms with Crippen molar-refractivity contribution in [3.8, 4) is 0 Å². The molecule has 0 bridgehead atoms. The predicted molar refractivity (Wildman–Crippen MR) is 84.0 cm³/mol. The van der Waals surface area contributed by atoms with Gasteiger partial charge in [0.05, 0.1) is 15.2 Å². The minimum Gasteiger partial charge on any atom is -0.332 e. The Morgan fingerprint density at radius 3 is 2.48 bits per heavy atom. The first-order chi connectivity index (χ1) is 9.95. The lowest BCUT2D eigenvalue weighted by Gasteiger charge is -2.15. The van der Waals surface area contributed by atoms with Gasteiger partial charge < -0.3 is 10.2 Å². The standard InChI is InChI=1S/C14H12BrFN2O2S/c1-18(14(20)11-6-7-12(15)21-11)8-13(19)17-10-4-2-9(16)3-5-10/h2-7H,8H2,1H3,(H,17,19). The molecule has 7 heteroatoms. The molecule has 1 N–H and O–H groups in total. The van der Waals surface area contributed by atoms with Crippen molar-refractivity contribution in [2.45, 2.75) is 0 Å². The second kappa shape index (κ2) is 6.82. The molecule has 1 aromatic heterocycles. The summed E-state index contributed by atoms with van der Waals surface area (Å²) in [4.78, 5) is 25.8. The Balaban J connectivity index is 1.92. The summed E-state index contributed by atoms with van der Waals surface area (Å²) in [6.45, 7) is -0.0776. The van der Waals surface area contributed by atoms with E-state index in [-0.39, 0.29) is 24.2 Å². The summed E-state index contributed by atoms with van der Waals surface area (Å²) in [7, 11) is 1.56. The SMILES string of the molecule is CN(CC(=O)Nc1ccc(F)cc1)C(=O)c1ccc(Br)s1. The normalized spacial score (nSPS) is 10.2. The number of benzene rings is 1.